The number of anilines is 1. The Morgan fingerprint density at radius 3 is 2.96 bits per heavy atom. The molecule has 1 aromatic carbocycles. The van der Waals surface area contributed by atoms with Crippen molar-refractivity contribution in [3.05, 3.63) is 48.1 Å². The highest BCUT2D eigenvalue weighted by Gasteiger charge is 2.31. The minimum Gasteiger partial charge on any atom is -0.359 e. The van der Waals surface area contributed by atoms with E-state index in [0.717, 1.165) is 52.5 Å². The average molecular weight is 340 g/mol. The second kappa shape index (κ2) is 5.78. The first kappa shape index (κ1) is 15.5. The van der Waals surface area contributed by atoms with E-state index >= 15 is 0 Å². The van der Waals surface area contributed by atoms with E-state index in [0.29, 0.717) is 0 Å². The van der Waals surface area contributed by atoms with Crippen LogP contribution in [0, 0.1) is 6.42 Å². The fourth-order valence-electron chi connectivity index (χ4n) is 3.42. The summed E-state index contributed by atoms with van der Waals surface area (Å²) in [5, 5.41) is 1.80. The maximum atomic E-state index is 6.27. The van der Waals surface area contributed by atoms with E-state index in [9.17, 15) is 0 Å². The van der Waals surface area contributed by atoms with Crippen molar-refractivity contribution in [2.24, 2.45) is 0 Å². The number of fused-ring (bicyclic) bond motifs is 1. The molecule has 5 heteroatoms. The van der Waals surface area contributed by atoms with Gasteiger partial charge in [0.15, 0.2) is 0 Å². The Labute approximate surface area is 146 Å². The van der Waals surface area contributed by atoms with E-state index in [1.54, 1.807) is 0 Å². The monoisotopic (exact) mass is 339 g/mol. The molecule has 2 aromatic heterocycles. The number of hydrogen-bond donors (Lipinski definition) is 1. The van der Waals surface area contributed by atoms with Gasteiger partial charge in [-0.05, 0) is 45.2 Å². The zero-order chi connectivity index (χ0) is 16.7. The number of halogens is 1. The van der Waals surface area contributed by atoms with Crippen LogP contribution < -0.4 is 4.90 Å². The van der Waals surface area contributed by atoms with Crippen LogP contribution in [0.4, 0.5) is 5.95 Å². The maximum absolute atomic E-state index is 6.27. The third kappa shape index (κ3) is 2.55. The van der Waals surface area contributed by atoms with Crippen molar-refractivity contribution in [3.63, 3.8) is 0 Å². The lowest BCUT2D eigenvalue weighted by molar-refractivity contribution is 0.406. The summed E-state index contributed by atoms with van der Waals surface area (Å²) in [7, 11) is 0. The number of aromatic nitrogens is 3. The molecule has 1 fully saturated rings. The number of benzene rings is 1. The lowest BCUT2D eigenvalue weighted by Gasteiger charge is -2.42. The first-order chi connectivity index (χ1) is 11.6. The average Bonchev–Trinajstić information content (AvgIpc) is 3.00. The summed E-state index contributed by atoms with van der Waals surface area (Å²) in [6.45, 7) is 5.44. The van der Waals surface area contributed by atoms with E-state index in [1.807, 2.05) is 30.6 Å². The molecule has 0 aliphatic carbocycles. The Kier molecular flexibility index (Phi) is 3.72. The van der Waals surface area contributed by atoms with Crippen LogP contribution in [0.15, 0.2) is 36.7 Å². The number of hydrogen-bond acceptors (Lipinski definition) is 3. The van der Waals surface area contributed by atoms with Crippen molar-refractivity contribution in [2.45, 2.75) is 32.2 Å². The fraction of sp³-hybridized carbons (Fsp3) is 0.316. The topological polar surface area (TPSA) is 44.8 Å². The highest BCUT2D eigenvalue weighted by atomic mass is 35.5. The van der Waals surface area contributed by atoms with Gasteiger partial charge in [0.2, 0.25) is 5.95 Å². The smallest absolute Gasteiger partial charge is 0.226 e. The SMILES string of the molecule is CC1(C)C[CH]CCN1c1nccc(-c2c[nH]c3c(Cl)cccc23)n1. The summed E-state index contributed by atoms with van der Waals surface area (Å²) in [6, 6.07) is 7.88. The summed E-state index contributed by atoms with van der Waals surface area (Å²) >= 11 is 6.27. The largest absolute Gasteiger partial charge is 0.359 e. The van der Waals surface area contributed by atoms with Crippen molar-refractivity contribution < 1.29 is 0 Å². The summed E-state index contributed by atoms with van der Waals surface area (Å²) < 4.78 is 0. The Bertz CT molecular complexity index is 884. The van der Waals surface area contributed by atoms with Crippen molar-refractivity contribution >= 4 is 28.5 Å². The van der Waals surface area contributed by atoms with Gasteiger partial charge in [-0.2, -0.15) is 0 Å². The first-order valence-electron chi connectivity index (χ1n) is 8.24. The standard InChI is InChI=1S/C19H20ClN4/c1-19(2)9-3-4-11-24(19)18-21-10-8-16(23-18)14-12-22-17-13(14)6-5-7-15(17)20/h3,5-8,10,12,22H,4,9,11H2,1-2H3. The number of piperidine rings is 1. The second-order valence-corrected chi connectivity index (χ2v) is 7.26. The number of para-hydroxylation sites is 1. The van der Waals surface area contributed by atoms with Crippen molar-refractivity contribution in [2.75, 3.05) is 11.4 Å². The van der Waals surface area contributed by atoms with Gasteiger partial charge in [0.05, 0.1) is 16.2 Å². The molecule has 3 heterocycles. The Morgan fingerprint density at radius 2 is 2.12 bits per heavy atom. The zero-order valence-corrected chi connectivity index (χ0v) is 14.6. The molecule has 24 heavy (non-hydrogen) atoms. The molecule has 4 rings (SSSR count). The van der Waals surface area contributed by atoms with Crippen molar-refractivity contribution in [3.8, 4) is 11.3 Å². The summed E-state index contributed by atoms with van der Waals surface area (Å²) in [5.41, 5.74) is 2.96. The van der Waals surface area contributed by atoms with Crippen LogP contribution in [-0.4, -0.2) is 27.0 Å². The van der Waals surface area contributed by atoms with E-state index in [1.165, 1.54) is 0 Å². The molecule has 1 N–H and O–H groups in total. The third-order valence-corrected chi connectivity index (χ3v) is 5.07. The Hall–Kier alpha value is -2.07. The normalized spacial score (nSPS) is 17.4. The molecule has 4 nitrogen and oxygen atoms in total. The van der Waals surface area contributed by atoms with Gasteiger partial charge in [0.25, 0.3) is 0 Å². The van der Waals surface area contributed by atoms with Crippen LogP contribution in [0.25, 0.3) is 22.2 Å². The van der Waals surface area contributed by atoms with Crippen LogP contribution in [0.2, 0.25) is 5.02 Å². The molecule has 0 saturated carbocycles. The number of nitrogens with one attached hydrogen (secondary N) is 1. The molecule has 0 spiro atoms. The van der Waals surface area contributed by atoms with Gasteiger partial charge in [-0.15, -0.1) is 0 Å². The van der Waals surface area contributed by atoms with Gasteiger partial charge in [-0.1, -0.05) is 23.7 Å². The summed E-state index contributed by atoms with van der Waals surface area (Å²) in [5.74, 6) is 0.793. The van der Waals surface area contributed by atoms with Crippen LogP contribution in [-0.2, 0) is 0 Å². The third-order valence-electron chi connectivity index (χ3n) is 4.76. The predicted molar refractivity (Wildman–Crippen MR) is 99.3 cm³/mol. The van der Waals surface area contributed by atoms with E-state index in [-0.39, 0.29) is 5.54 Å². The molecule has 0 amide bonds. The molecule has 1 saturated heterocycles. The number of aromatic amines is 1. The number of nitrogens with zero attached hydrogens (tertiary/aromatic N) is 3. The number of H-pyrrole nitrogens is 1. The van der Waals surface area contributed by atoms with Crippen LogP contribution >= 0.6 is 11.6 Å². The molecular weight excluding hydrogens is 320 g/mol. The quantitative estimate of drug-likeness (QED) is 0.725. The Balaban J connectivity index is 1.78. The van der Waals surface area contributed by atoms with Gasteiger partial charge in [-0.3, -0.25) is 0 Å². The fourth-order valence-corrected chi connectivity index (χ4v) is 3.65. The van der Waals surface area contributed by atoms with Crippen molar-refractivity contribution in [1.82, 2.24) is 15.0 Å². The van der Waals surface area contributed by atoms with Crippen LogP contribution in [0.3, 0.4) is 0 Å². The van der Waals surface area contributed by atoms with Gasteiger partial charge in [0, 0.05) is 35.4 Å². The van der Waals surface area contributed by atoms with Gasteiger partial charge in [0.1, 0.15) is 0 Å². The van der Waals surface area contributed by atoms with E-state index < -0.39 is 0 Å². The van der Waals surface area contributed by atoms with Crippen LogP contribution in [0.1, 0.15) is 26.7 Å². The minimum atomic E-state index is 0.0421. The summed E-state index contributed by atoms with van der Waals surface area (Å²) in [6.07, 6.45) is 8.28. The van der Waals surface area contributed by atoms with Crippen molar-refractivity contribution in [1.29, 1.82) is 0 Å². The van der Waals surface area contributed by atoms with Gasteiger partial charge in [-0.25, -0.2) is 9.97 Å². The van der Waals surface area contributed by atoms with Gasteiger partial charge >= 0.3 is 0 Å². The van der Waals surface area contributed by atoms with E-state index in [4.69, 9.17) is 16.6 Å². The summed E-state index contributed by atoms with van der Waals surface area (Å²) in [4.78, 5) is 14.9. The molecule has 123 valence electrons. The highest BCUT2D eigenvalue weighted by Crippen LogP contribution is 2.34. The molecule has 0 bridgehead atoms. The first-order valence-corrected chi connectivity index (χ1v) is 8.62. The lowest BCUT2D eigenvalue weighted by Crippen LogP contribution is -2.48. The molecule has 1 radical (unpaired) electrons. The highest BCUT2D eigenvalue weighted by molar-refractivity contribution is 6.35. The number of rotatable bonds is 2. The minimum absolute atomic E-state index is 0.0421. The molecule has 1 aliphatic rings. The molecule has 1 aliphatic heterocycles. The molecule has 0 unspecified atom stereocenters. The second-order valence-electron chi connectivity index (χ2n) is 6.85. The van der Waals surface area contributed by atoms with Crippen LogP contribution in [0.5, 0.6) is 0 Å². The zero-order valence-electron chi connectivity index (χ0n) is 13.9. The molecule has 3 aromatic rings. The van der Waals surface area contributed by atoms with E-state index in [2.05, 4.69) is 41.2 Å². The predicted octanol–water partition coefficient (Wildman–Crippen LogP) is 4.86. The Morgan fingerprint density at radius 1 is 1.25 bits per heavy atom. The van der Waals surface area contributed by atoms with Gasteiger partial charge < -0.3 is 9.88 Å². The lowest BCUT2D eigenvalue weighted by atomic mass is 9.91. The molecule has 0 atom stereocenters. The maximum Gasteiger partial charge on any atom is 0.226 e. The molecular formula is C19H20ClN4.